The van der Waals surface area contributed by atoms with Crippen LogP contribution in [-0.4, -0.2) is 58.9 Å². The molecule has 0 aromatic heterocycles. The molecule has 2 aliphatic heterocycles. The lowest BCUT2D eigenvalue weighted by Gasteiger charge is -2.27. The smallest absolute Gasteiger partial charge is 0.295 e. The van der Waals surface area contributed by atoms with Crippen LogP contribution >= 0.6 is 23.2 Å². The molecule has 0 spiro atoms. The van der Waals surface area contributed by atoms with E-state index >= 15 is 0 Å². The summed E-state index contributed by atoms with van der Waals surface area (Å²) in [5, 5.41) is 12.0. The maximum atomic E-state index is 13.3. The molecule has 0 aliphatic carbocycles. The summed E-state index contributed by atoms with van der Waals surface area (Å²) in [5.74, 6) is -0.758. The lowest BCUT2D eigenvalue weighted by atomic mass is 9.94. The van der Waals surface area contributed by atoms with Gasteiger partial charge in [0.15, 0.2) is 0 Å². The van der Waals surface area contributed by atoms with Gasteiger partial charge >= 0.3 is 0 Å². The molecule has 0 saturated carbocycles. The third kappa shape index (κ3) is 5.06. The van der Waals surface area contributed by atoms with E-state index in [1.54, 1.807) is 30.3 Å². The maximum absolute atomic E-state index is 13.3. The second-order valence-electron chi connectivity index (χ2n) is 9.00. The second kappa shape index (κ2) is 10.6. The zero-order valence-corrected chi connectivity index (χ0v) is 21.7. The van der Waals surface area contributed by atoms with Crippen LogP contribution in [0.3, 0.4) is 0 Å². The first-order valence-corrected chi connectivity index (χ1v) is 12.8. The summed E-state index contributed by atoms with van der Waals surface area (Å²) in [5.41, 5.74) is 2.12. The van der Waals surface area contributed by atoms with Gasteiger partial charge in [0, 0.05) is 18.5 Å². The monoisotopic (exact) mass is 516 g/mol. The number of amides is 1. The highest BCUT2D eigenvalue weighted by Gasteiger charge is 2.46. The molecule has 8 heteroatoms. The van der Waals surface area contributed by atoms with Crippen molar-refractivity contribution in [2.24, 2.45) is 0 Å². The first kappa shape index (κ1) is 25.5. The van der Waals surface area contributed by atoms with E-state index in [-0.39, 0.29) is 17.4 Å². The van der Waals surface area contributed by atoms with Gasteiger partial charge < -0.3 is 19.6 Å². The number of likely N-dealkylation sites (tertiary alicyclic amines) is 1. The Kier molecular flexibility index (Phi) is 7.74. The maximum Gasteiger partial charge on any atom is 0.295 e. The molecule has 2 aliphatic rings. The van der Waals surface area contributed by atoms with Crippen molar-refractivity contribution in [2.45, 2.75) is 45.8 Å². The molecule has 186 valence electrons. The fourth-order valence-corrected chi connectivity index (χ4v) is 5.18. The number of nitrogens with zero attached hydrogens (tertiary/aromatic N) is 2. The first-order valence-electron chi connectivity index (χ1n) is 12.0. The average molecular weight is 517 g/mol. The molecule has 2 atom stereocenters. The van der Waals surface area contributed by atoms with Crippen LogP contribution in [0.25, 0.3) is 5.76 Å². The summed E-state index contributed by atoms with van der Waals surface area (Å²) >= 11 is 12.4. The van der Waals surface area contributed by atoms with Gasteiger partial charge in [-0.1, -0.05) is 43.1 Å². The minimum absolute atomic E-state index is 0.0509. The topological polar surface area (TPSA) is 70.1 Å². The van der Waals surface area contributed by atoms with E-state index in [4.69, 9.17) is 27.9 Å². The molecular formula is C27H30Cl2N2O4. The number of hydrogen-bond acceptors (Lipinski definition) is 5. The normalized spacial score (nSPS) is 21.0. The predicted molar refractivity (Wildman–Crippen MR) is 138 cm³/mol. The van der Waals surface area contributed by atoms with Gasteiger partial charge in [-0.3, -0.25) is 9.59 Å². The van der Waals surface area contributed by atoms with E-state index < -0.39 is 17.7 Å². The third-order valence-corrected chi connectivity index (χ3v) is 7.48. The number of ether oxygens (including phenoxy) is 1. The summed E-state index contributed by atoms with van der Waals surface area (Å²) < 4.78 is 5.76. The molecule has 2 unspecified atom stereocenters. The van der Waals surface area contributed by atoms with Gasteiger partial charge in [0.25, 0.3) is 11.7 Å². The average Bonchev–Trinajstić information content (AvgIpc) is 3.34. The number of aliphatic hydroxyl groups is 1. The van der Waals surface area contributed by atoms with Crippen LogP contribution < -0.4 is 4.74 Å². The zero-order chi connectivity index (χ0) is 25.3. The van der Waals surface area contributed by atoms with Gasteiger partial charge in [-0.05, 0) is 74.4 Å². The fourth-order valence-electron chi connectivity index (χ4n) is 4.87. The van der Waals surface area contributed by atoms with Gasteiger partial charge in [-0.2, -0.15) is 0 Å². The Hall–Kier alpha value is -2.54. The number of carbonyl (C=O) groups excluding carboxylic acids is 2. The Labute approximate surface area is 216 Å². The van der Waals surface area contributed by atoms with Crippen molar-refractivity contribution in [3.05, 3.63) is 68.7 Å². The number of fused-ring (bicyclic) bond motifs is 1. The predicted octanol–water partition coefficient (Wildman–Crippen LogP) is 5.47. The van der Waals surface area contributed by atoms with E-state index in [0.717, 1.165) is 30.9 Å². The van der Waals surface area contributed by atoms with Gasteiger partial charge in [0.05, 0.1) is 21.7 Å². The van der Waals surface area contributed by atoms with E-state index in [9.17, 15) is 14.7 Å². The summed E-state index contributed by atoms with van der Waals surface area (Å²) in [6.07, 6.45) is 1.46. The van der Waals surface area contributed by atoms with Gasteiger partial charge in [-0.15, -0.1) is 0 Å². The van der Waals surface area contributed by atoms with Crippen LogP contribution in [0.15, 0.2) is 42.0 Å². The molecule has 2 heterocycles. The van der Waals surface area contributed by atoms with Crippen LogP contribution in [0, 0.1) is 0 Å². The molecule has 2 aromatic carbocycles. The van der Waals surface area contributed by atoms with Crippen molar-refractivity contribution < 1.29 is 19.4 Å². The third-order valence-electron chi connectivity index (χ3n) is 6.74. The zero-order valence-electron chi connectivity index (χ0n) is 20.2. The summed E-state index contributed by atoms with van der Waals surface area (Å²) in [6.45, 7) is 9.15. The molecule has 0 bridgehead atoms. The Morgan fingerprint density at radius 1 is 1.11 bits per heavy atom. The molecule has 1 saturated heterocycles. The number of rotatable bonds is 8. The molecule has 1 fully saturated rings. The van der Waals surface area contributed by atoms with Gasteiger partial charge in [-0.25, -0.2) is 0 Å². The largest absolute Gasteiger partial charge is 0.507 e. The summed E-state index contributed by atoms with van der Waals surface area (Å²) in [4.78, 5) is 30.2. The number of carbonyl (C=O) groups is 2. The highest BCUT2D eigenvalue weighted by Crippen LogP contribution is 2.42. The van der Waals surface area contributed by atoms with Gasteiger partial charge in [0.2, 0.25) is 0 Å². The minimum Gasteiger partial charge on any atom is -0.507 e. The second-order valence-corrected chi connectivity index (χ2v) is 9.82. The van der Waals surface area contributed by atoms with Crippen molar-refractivity contribution in [1.29, 1.82) is 0 Å². The summed E-state index contributed by atoms with van der Waals surface area (Å²) in [7, 11) is 0. The Morgan fingerprint density at radius 2 is 1.86 bits per heavy atom. The number of halogens is 2. The highest BCUT2D eigenvalue weighted by atomic mass is 35.5. The molecule has 1 amide bonds. The molecule has 2 aromatic rings. The van der Waals surface area contributed by atoms with E-state index in [0.29, 0.717) is 40.6 Å². The fraction of sp³-hybridized carbons (Fsp3) is 0.407. The minimum atomic E-state index is -0.759. The van der Waals surface area contributed by atoms with Crippen LogP contribution in [0.4, 0.5) is 0 Å². The van der Waals surface area contributed by atoms with Crippen molar-refractivity contribution in [3.63, 3.8) is 0 Å². The Morgan fingerprint density at radius 3 is 2.54 bits per heavy atom. The van der Waals surface area contributed by atoms with E-state index in [1.807, 2.05) is 13.0 Å². The van der Waals surface area contributed by atoms with Gasteiger partial charge in [0.1, 0.15) is 17.6 Å². The van der Waals surface area contributed by atoms with Crippen LogP contribution in [0.1, 0.15) is 49.9 Å². The lowest BCUT2D eigenvalue weighted by Crippen LogP contribution is -2.33. The summed E-state index contributed by atoms with van der Waals surface area (Å²) in [6, 6.07) is 9.62. The van der Waals surface area contributed by atoms with Crippen LogP contribution in [0.2, 0.25) is 10.0 Å². The first-order chi connectivity index (χ1) is 16.7. The molecule has 0 radical (unpaired) electrons. The van der Waals surface area contributed by atoms with Crippen molar-refractivity contribution >= 4 is 40.7 Å². The van der Waals surface area contributed by atoms with Crippen molar-refractivity contribution in [1.82, 2.24) is 9.80 Å². The molecule has 1 N–H and O–H groups in total. The number of hydrogen-bond donors (Lipinski definition) is 1. The molecule has 35 heavy (non-hydrogen) atoms. The number of benzene rings is 2. The van der Waals surface area contributed by atoms with Crippen LogP contribution in [0.5, 0.6) is 5.75 Å². The molecule has 6 nitrogen and oxygen atoms in total. The lowest BCUT2D eigenvalue weighted by molar-refractivity contribution is -0.140. The number of ketones is 1. The SMILES string of the molecule is CCN(CC)CCCN1C(=O)C(=O)/C(=C(/O)c2ccc3c(c2)CC(C)O3)C1c1ccc(Cl)c(Cl)c1. The van der Waals surface area contributed by atoms with Crippen molar-refractivity contribution in [3.8, 4) is 5.75 Å². The number of Topliss-reactive ketones (excluding diaryl/α,β-unsaturated/α-hetero) is 1. The molecule has 4 rings (SSSR count). The standard InChI is InChI=1S/C27H30Cl2N2O4/c1-4-30(5-2)11-6-12-31-24(17-7-9-20(28)21(29)15-17)23(26(33)27(31)34)25(32)18-8-10-22-19(14-18)13-16(3)35-22/h7-10,14-16,24,32H,4-6,11-13H2,1-3H3/b25-23+. The Balaban J connectivity index is 1.75. The Bertz CT molecular complexity index is 1180. The number of aliphatic hydroxyl groups excluding tert-OH is 1. The highest BCUT2D eigenvalue weighted by molar-refractivity contribution is 6.46. The van der Waals surface area contributed by atoms with Crippen LogP contribution in [-0.2, 0) is 16.0 Å². The quantitative estimate of drug-likeness (QED) is 0.286. The van der Waals surface area contributed by atoms with Crippen molar-refractivity contribution in [2.75, 3.05) is 26.2 Å². The van der Waals surface area contributed by atoms with E-state index in [2.05, 4.69) is 18.7 Å². The van der Waals surface area contributed by atoms with E-state index in [1.165, 1.54) is 4.90 Å². The molecular weight excluding hydrogens is 487 g/mol.